The van der Waals surface area contributed by atoms with Gasteiger partial charge in [0.25, 0.3) is 15.9 Å². The molecule has 212 valence electrons. The number of nitrogens with one attached hydrogen (secondary N) is 1. The van der Waals surface area contributed by atoms with Gasteiger partial charge in [0, 0.05) is 19.8 Å². The van der Waals surface area contributed by atoms with Crippen LogP contribution in [0.5, 0.6) is 11.5 Å². The van der Waals surface area contributed by atoms with Crippen molar-refractivity contribution >= 4 is 21.9 Å². The fourth-order valence-electron chi connectivity index (χ4n) is 5.01. The smallest absolute Gasteiger partial charge is 0.268 e. The number of aromatic nitrogens is 2. The second kappa shape index (κ2) is 13.0. The van der Waals surface area contributed by atoms with Crippen molar-refractivity contribution < 1.29 is 17.9 Å². The molecule has 0 aliphatic heterocycles. The molecule has 41 heavy (non-hydrogen) atoms. The Kier molecular flexibility index (Phi) is 8.94. The molecular formula is C32H34N4O4S. The molecule has 0 unspecified atom stereocenters. The van der Waals surface area contributed by atoms with Gasteiger partial charge in [0.15, 0.2) is 0 Å². The highest BCUT2D eigenvalue weighted by atomic mass is 32.2. The molecule has 3 aromatic carbocycles. The minimum atomic E-state index is -4.13. The molecular weight excluding hydrogens is 536 g/mol. The fraction of sp³-hybridized carbons (Fsp3) is 0.281. The minimum absolute atomic E-state index is 0.0400. The van der Waals surface area contributed by atoms with Gasteiger partial charge in [0.1, 0.15) is 11.5 Å². The van der Waals surface area contributed by atoms with Gasteiger partial charge in [-0.15, -0.1) is 0 Å². The largest absolute Gasteiger partial charge is 0.457 e. The third-order valence-electron chi connectivity index (χ3n) is 7.32. The average Bonchev–Trinajstić information content (AvgIpc) is 3.50. The molecule has 1 heterocycles. The number of amides is 1. The number of carbonyl (C=O) groups is 1. The van der Waals surface area contributed by atoms with E-state index in [-0.39, 0.29) is 10.5 Å². The molecule has 4 aromatic rings. The van der Waals surface area contributed by atoms with Gasteiger partial charge in [-0.3, -0.25) is 4.79 Å². The highest BCUT2D eigenvalue weighted by molar-refractivity contribution is 7.90. The van der Waals surface area contributed by atoms with Gasteiger partial charge in [-0.05, 0) is 60.7 Å². The maximum Gasteiger partial charge on any atom is 0.268 e. The zero-order chi connectivity index (χ0) is 28.7. The maximum atomic E-state index is 13.3. The second-order valence-electron chi connectivity index (χ2n) is 10.4. The number of sulfonamides is 1. The van der Waals surface area contributed by atoms with Crippen LogP contribution in [0.3, 0.4) is 0 Å². The second-order valence-corrected chi connectivity index (χ2v) is 12.0. The number of anilines is 1. The van der Waals surface area contributed by atoms with Crippen molar-refractivity contribution in [3.05, 3.63) is 108 Å². The summed E-state index contributed by atoms with van der Waals surface area (Å²) in [6.07, 6.45) is 7.33. The number of hydrogen-bond donors (Lipinski definition) is 1. The molecule has 1 aliphatic rings. The van der Waals surface area contributed by atoms with Crippen molar-refractivity contribution in [2.75, 3.05) is 18.5 Å². The van der Waals surface area contributed by atoms with Crippen LogP contribution in [0.1, 0.15) is 47.3 Å². The van der Waals surface area contributed by atoms with Gasteiger partial charge in [-0.1, -0.05) is 74.2 Å². The Bertz CT molecular complexity index is 1560. The molecule has 1 aliphatic carbocycles. The summed E-state index contributed by atoms with van der Waals surface area (Å²) < 4.78 is 34.2. The monoisotopic (exact) mass is 570 g/mol. The average molecular weight is 571 g/mol. The number of rotatable bonds is 11. The molecule has 1 aromatic heterocycles. The van der Waals surface area contributed by atoms with E-state index < -0.39 is 15.9 Å². The summed E-state index contributed by atoms with van der Waals surface area (Å²) in [5.41, 5.74) is 1.98. The summed E-state index contributed by atoms with van der Waals surface area (Å²) in [5.74, 6) is 1.32. The minimum Gasteiger partial charge on any atom is -0.457 e. The van der Waals surface area contributed by atoms with Gasteiger partial charge < -0.3 is 9.64 Å². The standard InChI is InChI=1S/C32H34N4O4S/c1-36(21-20-24-10-4-2-5-11-24)32-33-23-29(30(34-32)22-25-12-8-9-13-25)31(37)35-41(38,39)28-18-16-27(17-19-28)40-26-14-6-3-7-15-26/h2-7,10-11,14-19,23,25H,8-9,12-13,20-22H2,1H3,(H,35,37). The predicted octanol–water partition coefficient (Wildman–Crippen LogP) is 5.80. The number of carbonyl (C=O) groups excluding carboxylic acids is 1. The summed E-state index contributed by atoms with van der Waals surface area (Å²) in [5, 5.41) is 0. The molecule has 0 spiro atoms. The number of nitrogens with zero attached hydrogens (tertiary/aromatic N) is 3. The quantitative estimate of drug-likeness (QED) is 0.243. The normalized spacial score (nSPS) is 13.6. The van der Waals surface area contributed by atoms with E-state index in [4.69, 9.17) is 9.72 Å². The number of likely N-dealkylation sites (N-methyl/N-ethyl adjacent to an activating group) is 1. The lowest BCUT2D eigenvalue weighted by molar-refractivity contribution is 0.0979. The SMILES string of the molecule is CN(CCc1ccccc1)c1ncc(C(=O)NS(=O)(=O)c2ccc(Oc3ccccc3)cc2)c(CC2CCCC2)n1. The molecule has 1 saturated carbocycles. The Balaban J connectivity index is 1.31. The van der Waals surface area contributed by atoms with E-state index in [0.717, 1.165) is 32.1 Å². The molecule has 8 nitrogen and oxygen atoms in total. The van der Waals surface area contributed by atoms with Crippen molar-refractivity contribution in [2.45, 2.75) is 43.4 Å². The van der Waals surface area contributed by atoms with Gasteiger partial charge in [-0.25, -0.2) is 23.1 Å². The summed E-state index contributed by atoms with van der Waals surface area (Å²) in [6.45, 7) is 0.705. The first-order chi connectivity index (χ1) is 19.9. The Labute approximate surface area is 241 Å². The van der Waals surface area contributed by atoms with Crippen molar-refractivity contribution in [3.63, 3.8) is 0 Å². The van der Waals surface area contributed by atoms with Crippen molar-refractivity contribution in [1.82, 2.24) is 14.7 Å². The number of ether oxygens (including phenoxy) is 1. The fourth-order valence-corrected chi connectivity index (χ4v) is 5.98. The maximum absolute atomic E-state index is 13.3. The van der Waals surface area contributed by atoms with E-state index in [1.54, 1.807) is 12.1 Å². The highest BCUT2D eigenvalue weighted by Gasteiger charge is 2.25. The number of benzene rings is 3. The van der Waals surface area contributed by atoms with Gasteiger partial charge in [0.2, 0.25) is 5.95 Å². The third-order valence-corrected chi connectivity index (χ3v) is 8.66. The van der Waals surface area contributed by atoms with E-state index in [1.165, 1.54) is 23.9 Å². The van der Waals surface area contributed by atoms with E-state index in [1.807, 2.05) is 60.5 Å². The van der Waals surface area contributed by atoms with Crippen LogP contribution in [-0.2, 0) is 22.9 Å². The number of hydrogen-bond acceptors (Lipinski definition) is 7. The molecule has 0 saturated heterocycles. The van der Waals surface area contributed by atoms with Crippen molar-refractivity contribution in [1.29, 1.82) is 0 Å². The van der Waals surface area contributed by atoms with Crippen molar-refractivity contribution in [3.8, 4) is 11.5 Å². The summed E-state index contributed by atoms with van der Waals surface area (Å²) >= 11 is 0. The number of para-hydroxylation sites is 1. The van der Waals surface area contributed by atoms with E-state index in [9.17, 15) is 13.2 Å². The van der Waals surface area contributed by atoms with Crippen molar-refractivity contribution in [2.24, 2.45) is 5.92 Å². The van der Waals surface area contributed by atoms with Crippen LogP contribution in [0.4, 0.5) is 5.95 Å². The van der Waals surface area contributed by atoms with Crippen LogP contribution in [0.25, 0.3) is 0 Å². The lowest BCUT2D eigenvalue weighted by atomic mass is 9.99. The van der Waals surface area contributed by atoms with Crippen LogP contribution in [0, 0.1) is 5.92 Å². The predicted molar refractivity (Wildman–Crippen MR) is 159 cm³/mol. The lowest BCUT2D eigenvalue weighted by Crippen LogP contribution is -2.32. The van der Waals surface area contributed by atoms with E-state index >= 15 is 0 Å². The van der Waals surface area contributed by atoms with Gasteiger partial charge >= 0.3 is 0 Å². The molecule has 5 rings (SSSR count). The first-order valence-electron chi connectivity index (χ1n) is 13.9. The van der Waals surface area contributed by atoms with Crippen LogP contribution >= 0.6 is 0 Å². The molecule has 0 radical (unpaired) electrons. The first-order valence-corrected chi connectivity index (χ1v) is 15.4. The summed E-state index contributed by atoms with van der Waals surface area (Å²) in [4.78, 5) is 24.5. The Morgan fingerprint density at radius 2 is 1.56 bits per heavy atom. The highest BCUT2D eigenvalue weighted by Crippen LogP contribution is 2.29. The van der Waals surface area contributed by atoms with E-state index in [2.05, 4.69) is 21.8 Å². The zero-order valence-corrected chi connectivity index (χ0v) is 23.9. The first kappa shape index (κ1) is 28.3. The van der Waals surface area contributed by atoms with Gasteiger partial charge in [-0.2, -0.15) is 0 Å². The molecule has 0 atom stereocenters. The molecule has 1 fully saturated rings. The molecule has 0 bridgehead atoms. The Morgan fingerprint density at radius 1 is 0.927 bits per heavy atom. The molecule has 1 amide bonds. The summed E-state index contributed by atoms with van der Waals surface area (Å²) in [7, 11) is -2.20. The Hall–Kier alpha value is -4.24. The molecule has 1 N–H and O–H groups in total. The van der Waals surface area contributed by atoms with Crippen LogP contribution in [-0.4, -0.2) is 37.9 Å². The van der Waals surface area contributed by atoms with Crippen LogP contribution in [0.2, 0.25) is 0 Å². The lowest BCUT2D eigenvalue weighted by Gasteiger charge is -2.20. The zero-order valence-electron chi connectivity index (χ0n) is 23.1. The summed E-state index contributed by atoms with van der Waals surface area (Å²) in [6, 6.07) is 25.3. The van der Waals surface area contributed by atoms with Crippen LogP contribution < -0.4 is 14.4 Å². The third kappa shape index (κ3) is 7.49. The van der Waals surface area contributed by atoms with Crippen LogP contribution in [0.15, 0.2) is 96.0 Å². The van der Waals surface area contributed by atoms with E-state index in [0.29, 0.717) is 42.0 Å². The molecule has 9 heteroatoms. The topological polar surface area (TPSA) is 101 Å². The van der Waals surface area contributed by atoms with Gasteiger partial charge in [0.05, 0.1) is 16.2 Å². The Morgan fingerprint density at radius 3 is 2.24 bits per heavy atom.